The Morgan fingerprint density at radius 1 is 1.50 bits per heavy atom. The van der Waals surface area contributed by atoms with Crippen molar-refractivity contribution in [1.29, 1.82) is 0 Å². The summed E-state index contributed by atoms with van der Waals surface area (Å²) in [5, 5.41) is 3.17. The van der Waals surface area contributed by atoms with E-state index < -0.39 is 0 Å². The first-order valence-corrected chi connectivity index (χ1v) is 5.87. The molecule has 0 aromatic heterocycles. The summed E-state index contributed by atoms with van der Waals surface area (Å²) in [5.41, 5.74) is 2.52. The second-order valence-corrected chi connectivity index (χ2v) is 4.82. The molecule has 0 saturated heterocycles. The normalized spacial score (nSPS) is 18.2. The molecular weight excluding hydrogens is 340 g/mol. The molecule has 0 radical (unpaired) electrons. The predicted molar refractivity (Wildman–Crippen MR) is 72.8 cm³/mol. The first kappa shape index (κ1) is 13.7. The Bertz CT molecular complexity index is 398. The van der Waals surface area contributed by atoms with E-state index in [1.165, 1.54) is 21.8 Å². The highest BCUT2D eigenvalue weighted by atomic mass is 127. The molecule has 1 N–H and O–H groups in total. The summed E-state index contributed by atoms with van der Waals surface area (Å²) in [7, 11) is 1.42. The van der Waals surface area contributed by atoms with Gasteiger partial charge in [0.1, 0.15) is 6.04 Å². The number of methoxy groups -OCH3 is 1. The fraction of sp³-hybridized carbons (Fsp3) is 0.364. The Hall–Kier alpha value is -0.330. The van der Waals surface area contributed by atoms with E-state index in [2.05, 4.69) is 46.1 Å². The minimum atomic E-state index is -0.194. The summed E-state index contributed by atoms with van der Waals surface area (Å²) < 4.78 is 5.94. The average molecular weight is 354 g/mol. The smallest absolute Gasteiger partial charge is 0.323 e. The van der Waals surface area contributed by atoms with Gasteiger partial charge in [0.05, 0.1) is 7.11 Å². The van der Waals surface area contributed by atoms with Gasteiger partial charge in [-0.2, -0.15) is 0 Å². The van der Waals surface area contributed by atoms with Crippen molar-refractivity contribution in [2.24, 2.45) is 0 Å². The molecule has 16 heavy (non-hydrogen) atoms. The summed E-state index contributed by atoms with van der Waals surface area (Å²) in [4.78, 5) is 11.4. The van der Waals surface area contributed by atoms with Crippen molar-refractivity contribution in [3.05, 3.63) is 32.9 Å². The zero-order chi connectivity index (χ0) is 10.8. The van der Waals surface area contributed by atoms with Gasteiger partial charge in [-0.3, -0.25) is 4.79 Å². The average Bonchev–Trinajstić information content (AvgIpc) is 2.27. The molecule has 5 heteroatoms. The molecule has 0 amide bonds. The molecule has 0 bridgehead atoms. The molecule has 1 unspecified atom stereocenters. The Kier molecular flexibility index (Phi) is 5.01. The van der Waals surface area contributed by atoms with Crippen molar-refractivity contribution in [1.82, 2.24) is 5.32 Å². The number of ether oxygens (including phenoxy) is 1. The van der Waals surface area contributed by atoms with Gasteiger partial charge in [-0.25, -0.2) is 0 Å². The number of hydrogen-bond donors (Lipinski definition) is 1. The monoisotopic (exact) mass is 353 g/mol. The number of rotatable bonds is 1. The second kappa shape index (κ2) is 5.84. The van der Waals surface area contributed by atoms with Gasteiger partial charge in [0.15, 0.2) is 0 Å². The van der Waals surface area contributed by atoms with Crippen LogP contribution in [0.1, 0.15) is 11.1 Å². The summed E-state index contributed by atoms with van der Waals surface area (Å²) >= 11 is 2.28. The van der Waals surface area contributed by atoms with Crippen LogP contribution in [0.3, 0.4) is 0 Å². The molecule has 1 aliphatic heterocycles. The van der Waals surface area contributed by atoms with E-state index in [9.17, 15) is 4.79 Å². The van der Waals surface area contributed by atoms with Gasteiger partial charge in [0.25, 0.3) is 0 Å². The number of halogens is 2. The van der Waals surface area contributed by atoms with Crippen LogP contribution in [-0.2, 0) is 22.5 Å². The molecule has 1 aromatic rings. The minimum Gasteiger partial charge on any atom is -0.468 e. The summed E-state index contributed by atoms with van der Waals surface area (Å²) in [6, 6.07) is 6.13. The van der Waals surface area contributed by atoms with Crippen LogP contribution in [0.5, 0.6) is 0 Å². The minimum absolute atomic E-state index is 0. The predicted octanol–water partition coefficient (Wildman–Crippen LogP) is 1.90. The molecule has 0 fully saturated rings. The van der Waals surface area contributed by atoms with Gasteiger partial charge >= 0.3 is 5.97 Å². The van der Waals surface area contributed by atoms with Gasteiger partial charge < -0.3 is 10.1 Å². The molecule has 1 aromatic carbocycles. The lowest BCUT2D eigenvalue weighted by Crippen LogP contribution is -2.42. The Balaban J connectivity index is 0.00000128. The maximum atomic E-state index is 11.4. The van der Waals surface area contributed by atoms with Crippen LogP contribution < -0.4 is 5.32 Å². The van der Waals surface area contributed by atoms with E-state index in [0.29, 0.717) is 0 Å². The van der Waals surface area contributed by atoms with Crippen LogP contribution in [0, 0.1) is 3.57 Å². The van der Waals surface area contributed by atoms with E-state index in [-0.39, 0.29) is 24.4 Å². The molecule has 2 rings (SSSR count). The second-order valence-electron chi connectivity index (χ2n) is 3.57. The highest BCUT2D eigenvalue weighted by molar-refractivity contribution is 14.1. The maximum absolute atomic E-state index is 11.4. The summed E-state index contributed by atoms with van der Waals surface area (Å²) in [6.07, 6.45) is 0.721. The van der Waals surface area contributed by atoms with Crippen LogP contribution in [-0.4, -0.2) is 19.1 Å². The molecule has 1 heterocycles. The molecule has 0 saturated carbocycles. The third-order valence-electron chi connectivity index (χ3n) is 2.62. The van der Waals surface area contributed by atoms with Crippen LogP contribution in [0.2, 0.25) is 0 Å². The van der Waals surface area contributed by atoms with Gasteiger partial charge in [-0.15, -0.1) is 12.4 Å². The Morgan fingerprint density at radius 3 is 2.94 bits per heavy atom. The van der Waals surface area contributed by atoms with Crippen molar-refractivity contribution in [3.8, 4) is 0 Å². The summed E-state index contributed by atoms with van der Waals surface area (Å²) in [6.45, 7) is 0.742. The highest BCUT2D eigenvalue weighted by Crippen LogP contribution is 2.19. The van der Waals surface area contributed by atoms with E-state index in [0.717, 1.165) is 13.0 Å². The molecule has 0 aliphatic carbocycles. The van der Waals surface area contributed by atoms with Gasteiger partial charge in [-0.1, -0.05) is 6.07 Å². The third-order valence-corrected chi connectivity index (χ3v) is 3.29. The molecule has 0 spiro atoms. The lowest BCUT2D eigenvalue weighted by Gasteiger charge is -2.24. The van der Waals surface area contributed by atoms with Crippen LogP contribution >= 0.6 is 35.0 Å². The number of carbonyl (C=O) groups excluding carboxylic acids is 1. The molecule has 1 aliphatic rings. The molecular formula is C11H13ClINO2. The van der Waals surface area contributed by atoms with Crippen molar-refractivity contribution >= 4 is 41.0 Å². The van der Waals surface area contributed by atoms with E-state index in [1.54, 1.807) is 0 Å². The fourth-order valence-corrected chi connectivity index (χ4v) is 2.35. The fourth-order valence-electron chi connectivity index (χ4n) is 1.79. The van der Waals surface area contributed by atoms with Crippen LogP contribution in [0.25, 0.3) is 0 Å². The van der Waals surface area contributed by atoms with Crippen molar-refractivity contribution < 1.29 is 9.53 Å². The standard InChI is InChI=1S/C11H12INO2.ClH/c1-15-11(14)10-5-8-4-9(12)3-2-7(8)6-13-10;/h2-4,10,13H,5-6H2,1H3;1H. The maximum Gasteiger partial charge on any atom is 0.323 e. The molecule has 88 valence electrons. The molecule has 3 nitrogen and oxygen atoms in total. The quantitative estimate of drug-likeness (QED) is 0.619. The van der Waals surface area contributed by atoms with Crippen molar-refractivity contribution in [2.45, 2.75) is 19.0 Å². The van der Waals surface area contributed by atoms with E-state index >= 15 is 0 Å². The largest absolute Gasteiger partial charge is 0.468 e. The third kappa shape index (κ3) is 2.87. The van der Waals surface area contributed by atoms with Gasteiger partial charge in [0, 0.05) is 10.1 Å². The highest BCUT2D eigenvalue weighted by Gasteiger charge is 2.24. The Labute approximate surface area is 114 Å². The SMILES string of the molecule is COC(=O)C1Cc2cc(I)ccc2CN1.Cl. The van der Waals surface area contributed by atoms with Crippen LogP contribution in [0.4, 0.5) is 0 Å². The van der Waals surface area contributed by atoms with Crippen LogP contribution in [0.15, 0.2) is 18.2 Å². The zero-order valence-electron chi connectivity index (χ0n) is 8.83. The summed E-state index contributed by atoms with van der Waals surface area (Å²) in [5.74, 6) is -0.181. The zero-order valence-corrected chi connectivity index (χ0v) is 11.8. The number of esters is 1. The lowest BCUT2D eigenvalue weighted by molar-refractivity contribution is -0.143. The Morgan fingerprint density at radius 2 is 2.25 bits per heavy atom. The van der Waals surface area contributed by atoms with E-state index in [1.807, 2.05) is 0 Å². The van der Waals surface area contributed by atoms with Crippen molar-refractivity contribution in [2.75, 3.05) is 7.11 Å². The first-order chi connectivity index (χ1) is 7.20. The van der Waals surface area contributed by atoms with Gasteiger partial charge in [-0.05, 0) is 52.3 Å². The lowest BCUT2D eigenvalue weighted by atomic mass is 9.96. The van der Waals surface area contributed by atoms with E-state index in [4.69, 9.17) is 4.74 Å². The number of benzene rings is 1. The number of hydrogen-bond acceptors (Lipinski definition) is 3. The first-order valence-electron chi connectivity index (χ1n) is 4.79. The topological polar surface area (TPSA) is 38.3 Å². The number of fused-ring (bicyclic) bond motifs is 1. The molecule has 1 atom stereocenters. The van der Waals surface area contributed by atoms with Gasteiger partial charge in [0.2, 0.25) is 0 Å². The number of carbonyl (C=O) groups is 1. The van der Waals surface area contributed by atoms with Crippen molar-refractivity contribution in [3.63, 3.8) is 0 Å². The number of nitrogens with one attached hydrogen (secondary N) is 1.